The van der Waals surface area contributed by atoms with Crippen LogP contribution in [0.4, 0.5) is 0 Å². The molecule has 0 saturated heterocycles. The molecule has 0 aliphatic rings. The van der Waals surface area contributed by atoms with E-state index in [0.717, 1.165) is 25.7 Å². The summed E-state index contributed by atoms with van der Waals surface area (Å²) in [6.07, 6.45) is 8.24. The van der Waals surface area contributed by atoms with Crippen molar-refractivity contribution in [2.45, 2.75) is 128 Å². The van der Waals surface area contributed by atoms with Crippen molar-refractivity contribution in [3.8, 4) is 0 Å². The molecule has 1 N–H and O–H groups in total. The molecule has 0 rings (SSSR count). The van der Waals surface area contributed by atoms with Crippen LogP contribution in [0, 0.1) is 5.92 Å². The first-order valence-corrected chi connectivity index (χ1v) is 20.0. The van der Waals surface area contributed by atoms with E-state index in [2.05, 4.69) is 67.4 Å². The highest BCUT2D eigenvalue weighted by Gasteiger charge is 2.51. The van der Waals surface area contributed by atoms with Crippen molar-refractivity contribution in [2.75, 3.05) is 19.8 Å². The van der Waals surface area contributed by atoms with Crippen molar-refractivity contribution < 1.29 is 28.6 Å². The standard InChI is InChI=1S/C28H56O6Si2/c1-11-15-22-35(7,8)28(6,14-4)34-36(9,10)27(5,13-3)18-16-19-32-20-21-33-25(29)23-24(17-12-2)26(30)31/h12,24H,2,11,13-23H2,1,3-10H3,(H,30,31)/t24?,27?,28-/m0/s1. The SMILES string of the molecule is C=CCC(CC(=O)OCCOCCCC(C)(CC)[Si](C)(C)O[C@](C)(CC)[Si](C)(C)CCCC)C(=O)O. The minimum absolute atomic E-state index is 0.0139. The van der Waals surface area contributed by atoms with E-state index in [-0.39, 0.29) is 29.7 Å². The second-order valence-corrected chi connectivity index (χ2v) is 21.6. The summed E-state index contributed by atoms with van der Waals surface area (Å²) in [5, 5.41) is 9.26. The van der Waals surface area contributed by atoms with Gasteiger partial charge >= 0.3 is 11.9 Å². The molecular weight excluding hydrogens is 488 g/mol. The van der Waals surface area contributed by atoms with Gasteiger partial charge in [0.2, 0.25) is 0 Å². The van der Waals surface area contributed by atoms with Crippen LogP contribution in [0.1, 0.15) is 86.0 Å². The first-order valence-electron chi connectivity index (χ1n) is 13.9. The molecule has 3 atom stereocenters. The fourth-order valence-electron chi connectivity index (χ4n) is 4.78. The average molecular weight is 545 g/mol. The van der Waals surface area contributed by atoms with Gasteiger partial charge in [-0.2, -0.15) is 0 Å². The number of rotatable bonds is 21. The van der Waals surface area contributed by atoms with Gasteiger partial charge in [-0.15, -0.1) is 6.58 Å². The van der Waals surface area contributed by atoms with Crippen LogP contribution < -0.4 is 0 Å². The number of carbonyl (C=O) groups excluding carboxylic acids is 1. The van der Waals surface area contributed by atoms with Gasteiger partial charge < -0.3 is 19.0 Å². The summed E-state index contributed by atoms with van der Waals surface area (Å²) in [4.78, 5) is 23.0. The summed E-state index contributed by atoms with van der Waals surface area (Å²) in [6, 6.07) is 1.31. The van der Waals surface area contributed by atoms with Gasteiger partial charge in [0.25, 0.3) is 0 Å². The number of hydrogen-bond acceptors (Lipinski definition) is 5. The third-order valence-corrected chi connectivity index (χ3v) is 18.3. The number of hydrogen-bond donors (Lipinski definition) is 1. The Kier molecular flexibility index (Phi) is 15.7. The Bertz CT molecular complexity index is 681. The zero-order valence-electron chi connectivity index (χ0n) is 24.8. The molecule has 212 valence electrons. The number of unbranched alkanes of at least 4 members (excludes halogenated alkanes) is 1. The second-order valence-electron chi connectivity index (χ2n) is 11.8. The van der Waals surface area contributed by atoms with Gasteiger partial charge in [0, 0.05) is 11.8 Å². The molecule has 8 heteroatoms. The van der Waals surface area contributed by atoms with Crippen molar-refractivity contribution in [1.29, 1.82) is 0 Å². The fraction of sp³-hybridized carbons (Fsp3) is 0.857. The molecule has 0 aromatic heterocycles. The van der Waals surface area contributed by atoms with E-state index in [1.54, 1.807) is 0 Å². The normalized spacial score (nSPS) is 16.6. The maximum Gasteiger partial charge on any atom is 0.307 e. The number of ether oxygens (including phenoxy) is 2. The Morgan fingerprint density at radius 3 is 2.14 bits per heavy atom. The molecule has 0 fully saturated rings. The van der Waals surface area contributed by atoms with Crippen molar-refractivity contribution in [1.82, 2.24) is 0 Å². The molecule has 0 aromatic rings. The Balaban J connectivity index is 4.74. The van der Waals surface area contributed by atoms with Crippen LogP contribution in [0.5, 0.6) is 0 Å². The first-order chi connectivity index (χ1) is 16.6. The van der Waals surface area contributed by atoms with Gasteiger partial charge in [-0.1, -0.05) is 72.2 Å². The van der Waals surface area contributed by atoms with E-state index in [0.29, 0.717) is 13.2 Å². The van der Waals surface area contributed by atoms with Crippen LogP contribution in [0.2, 0.25) is 37.3 Å². The number of carboxylic acids is 1. The summed E-state index contributed by atoms with van der Waals surface area (Å²) in [6.45, 7) is 26.0. The van der Waals surface area contributed by atoms with Crippen LogP contribution in [0.15, 0.2) is 12.7 Å². The van der Waals surface area contributed by atoms with Gasteiger partial charge in [-0.3, -0.25) is 9.59 Å². The van der Waals surface area contributed by atoms with E-state index < -0.39 is 34.2 Å². The Labute approximate surface area is 223 Å². The lowest BCUT2D eigenvalue weighted by molar-refractivity contribution is -0.152. The molecule has 0 aliphatic carbocycles. The molecule has 0 aliphatic heterocycles. The van der Waals surface area contributed by atoms with Gasteiger partial charge in [0.05, 0.1) is 27.0 Å². The number of carbonyl (C=O) groups is 2. The summed E-state index contributed by atoms with van der Waals surface area (Å²) in [5.74, 6) is -2.31. The number of esters is 1. The molecule has 6 nitrogen and oxygen atoms in total. The predicted molar refractivity (Wildman–Crippen MR) is 155 cm³/mol. The van der Waals surface area contributed by atoms with E-state index in [1.165, 1.54) is 25.0 Å². The van der Waals surface area contributed by atoms with E-state index in [4.69, 9.17) is 19.0 Å². The lowest BCUT2D eigenvalue weighted by atomic mass is 10.0. The Morgan fingerprint density at radius 1 is 1.00 bits per heavy atom. The quantitative estimate of drug-likeness (QED) is 0.0693. The molecule has 0 bridgehead atoms. The van der Waals surface area contributed by atoms with Crippen LogP contribution in [0.25, 0.3) is 0 Å². The van der Waals surface area contributed by atoms with E-state index in [1.807, 2.05) is 0 Å². The van der Waals surface area contributed by atoms with Crippen LogP contribution >= 0.6 is 0 Å². The van der Waals surface area contributed by atoms with Crippen molar-refractivity contribution in [3.63, 3.8) is 0 Å². The van der Waals surface area contributed by atoms with Gasteiger partial charge in [-0.05, 0) is 50.7 Å². The monoisotopic (exact) mass is 544 g/mol. The van der Waals surface area contributed by atoms with Crippen molar-refractivity contribution in [3.05, 3.63) is 12.7 Å². The summed E-state index contributed by atoms with van der Waals surface area (Å²) in [7, 11) is -3.58. The lowest BCUT2D eigenvalue weighted by Gasteiger charge is -2.52. The smallest absolute Gasteiger partial charge is 0.307 e. The molecule has 0 heterocycles. The second kappa shape index (κ2) is 16.1. The number of carboxylic acid groups (broad SMARTS) is 1. The molecule has 0 aromatic carbocycles. The molecule has 0 amide bonds. The maximum atomic E-state index is 11.9. The largest absolute Gasteiger partial charge is 0.481 e. The van der Waals surface area contributed by atoms with Crippen molar-refractivity contribution >= 4 is 28.3 Å². The Hall–Kier alpha value is -0.966. The molecular formula is C28H56O6Si2. The van der Waals surface area contributed by atoms with Gasteiger partial charge in [0.1, 0.15) is 6.61 Å². The molecule has 36 heavy (non-hydrogen) atoms. The fourth-order valence-corrected chi connectivity index (χ4v) is 12.5. The van der Waals surface area contributed by atoms with Crippen LogP contribution in [0.3, 0.4) is 0 Å². The number of aliphatic carboxylic acids is 1. The molecule has 0 spiro atoms. The zero-order chi connectivity index (χ0) is 28.0. The summed E-state index contributed by atoms with van der Waals surface area (Å²) in [5.41, 5.74) is 0. The first kappa shape index (κ1) is 35.0. The topological polar surface area (TPSA) is 82.1 Å². The molecule has 2 unspecified atom stereocenters. The zero-order valence-corrected chi connectivity index (χ0v) is 26.8. The van der Waals surface area contributed by atoms with Crippen LogP contribution in [-0.2, 0) is 23.5 Å². The molecule has 0 saturated carbocycles. The van der Waals surface area contributed by atoms with Crippen molar-refractivity contribution in [2.24, 2.45) is 5.92 Å². The summed E-state index contributed by atoms with van der Waals surface area (Å²) >= 11 is 0. The maximum absolute atomic E-state index is 11.9. The van der Waals surface area contributed by atoms with Gasteiger partial charge in [-0.25, -0.2) is 0 Å². The average Bonchev–Trinajstić information content (AvgIpc) is 2.80. The summed E-state index contributed by atoms with van der Waals surface area (Å²) < 4.78 is 18.1. The minimum atomic E-state index is -2.03. The predicted octanol–water partition coefficient (Wildman–Crippen LogP) is 7.60. The highest BCUT2D eigenvalue weighted by molar-refractivity contribution is 6.82. The third kappa shape index (κ3) is 10.8. The lowest BCUT2D eigenvalue weighted by Crippen LogP contribution is -2.60. The highest BCUT2D eigenvalue weighted by atomic mass is 28.4. The Morgan fingerprint density at radius 2 is 1.64 bits per heavy atom. The van der Waals surface area contributed by atoms with Crippen LogP contribution in [-0.4, -0.2) is 58.5 Å². The molecule has 0 radical (unpaired) electrons. The third-order valence-electron chi connectivity index (χ3n) is 8.70. The van der Waals surface area contributed by atoms with E-state index in [9.17, 15) is 9.59 Å². The number of allylic oxidation sites excluding steroid dienone is 1. The van der Waals surface area contributed by atoms with E-state index >= 15 is 0 Å². The minimum Gasteiger partial charge on any atom is -0.481 e. The van der Waals surface area contributed by atoms with Gasteiger partial charge in [0.15, 0.2) is 8.32 Å². The highest BCUT2D eigenvalue weighted by Crippen LogP contribution is 2.49.